The molecule has 0 radical (unpaired) electrons. The van der Waals surface area contributed by atoms with Gasteiger partial charge in [0, 0.05) is 17.0 Å². The fourth-order valence-corrected chi connectivity index (χ4v) is 3.96. The average molecular weight is 354 g/mol. The lowest BCUT2D eigenvalue weighted by Crippen LogP contribution is -2.18. The third-order valence-electron chi connectivity index (χ3n) is 5.56. The summed E-state index contributed by atoms with van der Waals surface area (Å²) in [6, 6.07) is 25.5. The fraction of sp³-hybridized carbons (Fsp3) is 0.200. The average Bonchev–Trinajstić information content (AvgIpc) is 2.81. The van der Waals surface area contributed by atoms with Crippen LogP contribution in [0, 0.1) is 5.92 Å². The fourth-order valence-electron chi connectivity index (χ4n) is 3.96. The molecule has 1 aliphatic heterocycles. The lowest BCUT2D eigenvalue weighted by Gasteiger charge is -2.17. The highest BCUT2D eigenvalue weighted by Crippen LogP contribution is 2.46. The van der Waals surface area contributed by atoms with E-state index in [9.17, 15) is 0 Å². The Balaban J connectivity index is 1.90. The van der Waals surface area contributed by atoms with E-state index in [1.165, 1.54) is 21.5 Å². The molecular formula is C25H22O2. The van der Waals surface area contributed by atoms with Crippen molar-refractivity contribution < 1.29 is 9.47 Å². The Morgan fingerprint density at radius 2 is 1.15 bits per heavy atom. The number of ether oxygens (including phenoxy) is 2. The van der Waals surface area contributed by atoms with Crippen LogP contribution in [0.25, 0.3) is 32.7 Å². The van der Waals surface area contributed by atoms with Crippen molar-refractivity contribution in [2.24, 2.45) is 5.92 Å². The predicted octanol–water partition coefficient (Wildman–Crippen LogP) is 6.46. The van der Waals surface area contributed by atoms with Gasteiger partial charge in [-0.2, -0.15) is 0 Å². The van der Waals surface area contributed by atoms with Crippen LogP contribution in [-0.4, -0.2) is 13.2 Å². The zero-order chi connectivity index (χ0) is 18.2. The van der Waals surface area contributed by atoms with Crippen LogP contribution in [0.5, 0.6) is 11.5 Å². The number of fused-ring (bicyclic) bond motifs is 7. The summed E-state index contributed by atoms with van der Waals surface area (Å²) in [4.78, 5) is 0. The Hall–Kier alpha value is -3.00. The van der Waals surface area contributed by atoms with E-state index < -0.39 is 0 Å². The molecule has 0 spiro atoms. The third-order valence-corrected chi connectivity index (χ3v) is 5.56. The van der Waals surface area contributed by atoms with Gasteiger partial charge < -0.3 is 9.47 Å². The molecule has 1 heterocycles. The minimum Gasteiger partial charge on any atom is -0.492 e. The monoisotopic (exact) mass is 354 g/mol. The first kappa shape index (κ1) is 16.2. The van der Waals surface area contributed by atoms with Crippen LogP contribution in [0.3, 0.4) is 0 Å². The van der Waals surface area contributed by atoms with Gasteiger partial charge in [0.1, 0.15) is 11.5 Å². The summed E-state index contributed by atoms with van der Waals surface area (Å²) in [5.74, 6) is 2.26. The highest BCUT2D eigenvalue weighted by atomic mass is 16.5. The van der Waals surface area contributed by atoms with E-state index in [0.29, 0.717) is 19.1 Å². The van der Waals surface area contributed by atoms with Crippen molar-refractivity contribution in [3.8, 4) is 22.6 Å². The Morgan fingerprint density at radius 3 is 1.63 bits per heavy atom. The van der Waals surface area contributed by atoms with Gasteiger partial charge in [0.2, 0.25) is 0 Å². The van der Waals surface area contributed by atoms with E-state index >= 15 is 0 Å². The molecule has 0 fully saturated rings. The summed E-state index contributed by atoms with van der Waals surface area (Å²) in [6.45, 7) is 3.54. The van der Waals surface area contributed by atoms with Gasteiger partial charge >= 0.3 is 0 Å². The molecule has 0 amide bonds. The molecule has 27 heavy (non-hydrogen) atoms. The van der Waals surface area contributed by atoms with E-state index in [-0.39, 0.29) is 0 Å². The van der Waals surface area contributed by atoms with E-state index in [0.717, 1.165) is 29.0 Å². The van der Waals surface area contributed by atoms with Crippen molar-refractivity contribution in [3.63, 3.8) is 0 Å². The molecule has 4 aromatic carbocycles. The summed E-state index contributed by atoms with van der Waals surface area (Å²) >= 11 is 0. The number of benzene rings is 4. The Bertz CT molecular complexity index is 1040. The van der Waals surface area contributed by atoms with E-state index in [1.54, 1.807) is 0 Å². The van der Waals surface area contributed by atoms with E-state index in [1.807, 2.05) is 0 Å². The SMILES string of the molecule is CCC1COc2ccc3ccccc3c2-c2c(ccc3ccccc23)OC1. The first-order chi connectivity index (χ1) is 13.3. The van der Waals surface area contributed by atoms with Crippen LogP contribution < -0.4 is 9.47 Å². The maximum atomic E-state index is 6.35. The molecule has 0 saturated carbocycles. The summed E-state index contributed by atoms with van der Waals surface area (Å²) in [5.41, 5.74) is 2.27. The lowest BCUT2D eigenvalue weighted by molar-refractivity contribution is 0.177. The van der Waals surface area contributed by atoms with Crippen molar-refractivity contribution in [2.45, 2.75) is 13.3 Å². The van der Waals surface area contributed by atoms with Gasteiger partial charge in [-0.05, 0) is 40.1 Å². The molecule has 0 bridgehead atoms. The summed E-state index contributed by atoms with van der Waals surface area (Å²) in [5, 5.41) is 4.83. The molecule has 0 unspecified atom stereocenters. The first-order valence-electron chi connectivity index (χ1n) is 9.64. The molecule has 0 N–H and O–H groups in total. The van der Waals surface area contributed by atoms with Crippen LogP contribution >= 0.6 is 0 Å². The number of hydrogen-bond donors (Lipinski definition) is 0. The maximum Gasteiger partial charge on any atom is 0.127 e. The third kappa shape index (κ3) is 2.73. The van der Waals surface area contributed by atoms with E-state index in [4.69, 9.17) is 9.47 Å². The molecule has 4 aromatic rings. The standard InChI is InChI=1S/C25H22O2/c1-2-17-15-26-22-13-11-18-7-3-5-9-20(18)24(22)25-21-10-6-4-8-19(21)12-14-23(25)27-16-17/h3-14,17H,2,15-16H2,1H3. The largest absolute Gasteiger partial charge is 0.492 e. The zero-order valence-electron chi connectivity index (χ0n) is 15.4. The van der Waals surface area contributed by atoms with E-state index in [2.05, 4.69) is 79.7 Å². The van der Waals surface area contributed by atoms with Gasteiger partial charge in [0.25, 0.3) is 0 Å². The van der Waals surface area contributed by atoms with Crippen LogP contribution in [0.15, 0.2) is 72.8 Å². The smallest absolute Gasteiger partial charge is 0.127 e. The summed E-state index contributed by atoms with van der Waals surface area (Å²) in [7, 11) is 0. The Morgan fingerprint density at radius 1 is 0.667 bits per heavy atom. The molecule has 0 saturated heterocycles. The maximum absolute atomic E-state index is 6.35. The molecule has 5 rings (SSSR count). The number of rotatable bonds is 1. The first-order valence-corrected chi connectivity index (χ1v) is 9.64. The van der Waals surface area contributed by atoms with Gasteiger partial charge in [0.05, 0.1) is 13.2 Å². The van der Waals surface area contributed by atoms with Crippen molar-refractivity contribution in [2.75, 3.05) is 13.2 Å². The van der Waals surface area contributed by atoms with Gasteiger partial charge in [0.15, 0.2) is 0 Å². The predicted molar refractivity (Wildman–Crippen MR) is 112 cm³/mol. The highest BCUT2D eigenvalue weighted by molar-refractivity contribution is 6.09. The second-order valence-electron chi connectivity index (χ2n) is 7.22. The molecule has 0 aliphatic carbocycles. The summed E-state index contributed by atoms with van der Waals surface area (Å²) in [6.07, 6.45) is 1.03. The molecular weight excluding hydrogens is 332 g/mol. The lowest BCUT2D eigenvalue weighted by atomic mass is 9.92. The van der Waals surface area contributed by atoms with Crippen molar-refractivity contribution in [1.29, 1.82) is 0 Å². The van der Waals surface area contributed by atoms with Crippen molar-refractivity contribution in [1.82, 2.24) is 0 Å². The second-order valence-corrected chi connectivity index (χ2v) is 7.22. The van der Waals surface area contributed by atoms with Crippen LogP contribution in [0.2, 0.25) is 0 Å². The molecule has 134 valence electrons. The normalized spacial score (nSPS) is 14.4. The quantitative estimate of drug-likeness (QED) is 0.391. The van der Waals surface area contributed by atoms with Gasteiger partial charge in [-0.15, -0.1) is 0 Å². The molecule has 1 aliphatic rings. The molecule has 0 atom stereocenters. The number of hydrogen-bond acceptors (Lipinski definition) is 2. The van der Waals surface area contributed by atoms with Crippen LogP contribution in [0.1, 0.15) is 13.3 Å². The minimum atomic E-state index is 0.377. The van der Waals surface area contributed by atoms with Crippen LogP contribution in [0.4, 0.5) is 0 Å². The second kappa shape index (κ2) is 6.62. The Labute approximate surface area is 159 Å². The van der Waals surface area contributed by atoms with Crippen molar-refractivity contribution >= 4 is 21.5 Å². The van der Waals surface area contributed by atoms with Crippen LogP contribution in [-0.2, 0) is 0 Å². The topological polar surface area (TPSA) is 18.5 Å². The van der Waals surface area contributed by atoms with Gasteiger partial charge in [-0.3, -0.25) is 0 Å². The highest BCUT2D eigenvalue weighted by Gasteiger charge is 2.22. The molecule has 2 nitrogen and oxygen atoms in total. The Kier molecular flexibility index (Phi) is 3.97. The zero-order valence-corrected chi connectivity index (χ0v) is 15.4. The molecule has 2 heteroatoms. The summed E-state index contributed by atoms with van der Waals surface area (Å²) < 4.78 is 12.7. The van der Waals surface area contributed by atoms with Gasteiger partial charge in [-0.25, -0.2) is 0 Å². The molecule has 0 aromatic heterocycles. The van der Waals surface area contributed by atoms with Crippen molar-refractivity contribution in [3.05, 3.63) is 72.8 Å². The van der Waals surface area contributed by atoms with Gasteiger partial charge in [-0.1, -0.05) is 67.6 Å². The minimum absolute atomic E-state index is 0.377.